The molecule has 31 heavy (non-hydrogen) atoms. The molecule has 0 atom stereocenters. The molecule has 0 aliphatic carbocycles. The Morgan fingerprint density at radius 3 is 2.55 bits per heavy atom. The largest absolute Gasteiger partial charge is 0.354 e. The number of benzene rings is 2. The summed E-state index contributed by atoms with van der Waals surface area (Å²) in [6.45, 7) is 1.03. The smallest absolute Gasteiger partial charge is 0.230 e. The first-order chi connectivity index (χ1) is 15.2. The number of anilines is 1. The van der Waals surface area contributed by atoms with Crippen LogP contribution in [0.5, 0.6) is 0 Å². The lowest BCUT2D eigenvalue weighted by Crippen LogP contribution is -2.24. The normalized spacial score (nSPS) is 10.7. The number of hydrogen-bond acceptors (Lipinski definition) is 7. The molecule has 2 aromatic carbocycles. The molecule has 2 aromatic heterocycles. The SMILES string of the molecule is Cn1c(CNc2nc(-c3ccccc3)cs2)nnc1SCC(=O)NCc1ccccc1. The van der Waals surface area contributed by atoms with Crippen LogP contribution in [-0.2, 0) is 24.9 Å². The highest BCUT2D eigenvalue weighted by molar-refractivity contribution is 7.99. The number of hydrogen-bond donors (Lipinski definition) is 2. The number of carbonyl (C=O) groups is 1. The Morgan fingerprint density at radius 2 is 1.77 bits per heavy atom. The van der Waals surface area contributed by atoms with Gasteiger partial charge in [0, 0.05) is 24.5 Å². The zero-order valence-corrected chi connectivity index (χ0v) is 18.6. The van der Waals surface area contributed by atoms with Gasteiger partial charge in [-0.1, -0.05) is 72.4 Å². The van der Waals surface area contributed by atoms with Crippen molar-refractivity contribution in [1.29, 1.82) is 0 Å². The Hall–Kier alpha value is -3.17. The van der Waals surface area contributed by atoms with E-state index in [1.165, 1.54) is 11.8 Å². The van der Waals surface area contributed by atoms with Gasteiger partial charge < -0.3 is 15.2 Å². The third-order valence-electron chi connectivity index (χ3n) is 4.56. The molecule has 0 bridgehead atoms. The van der Waals surface area contributed by atoms with Crippen LogP contribution in [0.3, 0.4) is 0 Å². The molecule has 2 N–H and O–H groups in total. The Morgan fingerprint density at radius 1 is 1.03 bits per heavy atom. The first kappa shape index (κ1) is 21.1. The summed E-state index contributed by atoms with van der Waals surface area (Å²) in [4.78, 5) is 16.8. The van der Waals surface area contributed by atoms with Gasteiger partial charge in [-0.15, -0.1) is 21.5 Å². The van der Waals surface area contributed by atoms with Crippen molar-refractivity contribution in [3.05, 3.63) is 77.4 Å². The van der Waals surface area contributed by atoms with Crippen LogP contribution >= 0.6 is 23.1 Å². The molecule has 0 radical (unpaired) electrons. The van der Waals surface area contributed by atoms with Gasteiger partial charge >= 0.3 is 0 Å². The van der Waals surface area contributed by atoms with Crippen LogP contribution < -0.4 is 10.6 Å². The molecule has 0 aliphatic rings. The van der Waals surface area contributed by atoms with Crippen molar-refractivity contribution in [3.63, 3.8) is 0 Å². The van der Waals surface area contributed by atoms with E-state index in [0.29, 0.717) is 24.0 Å². The van der Waals surface area contributed by atoms with Crippen LogP contribution in [0.25, 0.3) is 11.3 Å². The molecule has 7 nitrogen and oxygen atoms in total. The topological polar surface area (TPSA) is 84.7 Å². The maximum Gasteiger partial charge on any atom is 0.230 e. The van der Waals surface area contributed by atoms with Crippen molar-refractivity contribution in [3.8, 4) is 11.3 Å². The van der Waals surface area contributed by atoms with Crippen molar-refractivity contribution >= 4 is 34.1 Å². The quantitative estimate of drug-likeness (QED) is 0.376. The summed E-state index contributed by atoms with van der Waals surface area (Å²) in [7, 11) is 1.90. The van der Waals surface area contributed by atoms with E-state index in [1.54, 1.807) is 11.3 Å². The number of aromatic nitrogens is 4. The van der Waals surface area contributed by atoms with E-state index in [0.717, 1.165) is 27.8 Å². The van der Waals surface area contributed by atoms with Crippen LogP contribution in [0.15, 0.2) is 71.2 Å². The van der Waals surface area contributed by atoms with E-state index in [1.807, 2.05) is 77.7 Å². The summed E-state index contributed by atoms with van der Waals surface area (Å²) in [5.41, 5.74) is 3.11. The lowest BCUT2D eigenvalue weighted by atomic mass is 10.2. The van der Waals surface area contributed by atoms with E-state index in [9.17, 15) is 4.79 Å². The first-order valence-corrected chi connectivity index (χ1v) is 11.6. The fourth-order valence-corrected chi connectivity index (χ4v) is 4.33. The number of carbonyl (C=O) groups excluding carboxylic acids is 1. The fraction of sp³-hybridized carbons (Fsp3) is 0.182. The first-order valence-electron chi connectivity index (χ1n) is 9.75. The predicted octanol–water partition coefficient (Wildman–Crippen LogP) is 3.96. The molecule has 0 fully saturated rings. The molecule has 2 heterocycles. The molecule has 0 aliphatic heterocycles. The summed E-state index contributed by atoms with van der Waals surface area (Å²) in [5, 5.41) is 18.2. The standard InChI is InChI=1S/C22H22N6OS2/c1-28-19(13-24-21-25-18(14-30-21)17-10-6-3-7-11-17)26-27-22(28)31-15-20(29)23-12-16-8-4-2-5-9-16/h2-11,14H,12-13,15H2,1H3,(H,23,29)(H,24,25). The average molecular weight is 451 g/mol. The number of thioether (sulfide) groups is 1. The molecular formula is C22H22N6OS2. The van der Waals surface area contributed by atoms with Gasteiger partial charge in [0.15, 0.2) is 16.1 Å². The maximum absolute atomic E-state index is 12.1. The Kier molecular flexibility index (Phi) is 6.96. The van der Waals surface area contributed by atoms with Gasteiger partial charge in [0.1, 0.15) is 0 Å². The molecule has 0 spiro atoms. The van der Waals surface area contributed by atoms with E-state index in [2.05, 4.69) is 25.8 Å². The number of amides is 1. The molecular weight excluding hydrogens is 428 g/mol. The lowest BCUT2D eigenvalue weighted by Gasteiger charge is -2.06. The van der Waals surface area contributed by atoms with E-state index < -0.39 is 0 Å². The predicted molar refractivity (Wildman–Crippen MR) is 125 cm³/mol. The number of nitrogens with one attached hydrogen (secondary N) is 2. The van der Waals surface area contributed by atoms with Gasteiger partial charge in [0.2, 0.25) is 5.91 Å². The zero-order chi connectivity index (χ0) is 21.5. The second-order valence-electron chi connectivity index (χ2n) is 6.77. The second-order valence-corrected chi connectivity index (χ2v) is 8.57. The molecule has 0 unspecified atom stereocenters. The van der Waals surface area contributed by atoms with Gasteiger partial charge in [0.05, 0.1) is 18.0 Å². The molecule has 4 rings (SSSR count). The molecule has 0 saturated heterocycles. The van der Waals surface area contributed by atoms with Crippen molar-refractivity contribution in [2.75, 3.05) is 11.1 Å². The van der Waals surface area contributed by atoms with Crippen molar-refractivity contribution in [1.82, 2.24) is 25.1 Å². The Balaban J connectivity index is 1.26. The van der Waals surface area contributed by atoms with Gasteiger partial charge in [-0.25, -0.2) is 4.98 Å². The Bertz CT molecular complexity index is 1130. The lowest BCUT2D eigenvalue weighted by molar-refractivity contribution is -0.118. The highest BCUT2D eigenvalue weighted by Crippen LogP contribution is 2.25. The zero-order valence-electron chi connectivity index (χ0n) is 17.0. The van der Waals surface area contributed by atoms with Crippen LogP contribution in [0.2, 0.25) is 0 Å². The van der Waals surface area contributed by atoms with E-state index in [-0.39, 0.29) is 5.91 Å². The van der Waals surface area contributed by atoms with Gasteiger partial charge in [-0.2, -0.15) is 0 Å². The Labute approximate surface area is 188 Å². The summed E-state index contributed by atoms with van der Waals surface area (Å²) in [5.74, 6) is 1.04. The monoisotopic (exact) mass is 450 g/mol. The third-order valence-corrected chi connectivity index (χ3v) is 6.38. The molecule has 9 heteroatoms. The summed E-state index contributed by atoms with van der Waals surface area (Å²) in [6.07, 6.45) is 0. The van der Waals surface area contributed by atoms with Gasteiger partial charge in [-0.3, -0.25) is 4.79 Å². The number of thiazole rings is 1. The highest BCUT2D eigenvalue weighted by atomic mass is 32.2. The van der Waals surface area contributed by atoms with Crippen LogP contribution in [0, 0.1) is 0 Å². The van der Waals surface area contributed by atoms with E-state index >= 15 is 0 Å². The van der Waals surface area contributed by atoms with Gasteiger partial charge in [0.25, 0.3) is 0 Å². The van der Waals surface area contributed by atoms with Crippen molar-refractivity contribution in [2.24, 2.45) is 7.05 Å². The molecule has 0 saturated carbocycles. The summed E-state index contributed by atoms with van der Waals surface area (Å²) < 4.78 is 1.90. The minimum atomic E-state index is -0.0345. The van der Waals surface area contributed by atoms with Crippen molar-refractivity contribution in [2.45, 2.75) is 18.2 Å². The van der Waals surface area contributed by atoms with E-state index in [4.69, 9.17) is 0 Å². The van der Waals surface area contributed by atoms with Crippen molar-refractivity contribution < 1.29 is 4.79 Å². The van der Waals surface area contributed by atoms with Crippen LogP contribution in [-0.4, -0.2) is 31.4 Å². The second kappa shape index (κ2) is 10.2. The average Bonchev–Trinajstić information content (AvgIpc) is 3.43. The minimum Gasteiger partial charge on any atom is -0.354 e. The van der Waals surface area contributed by atoms with Crippen LogP contribution in [0.4, 0.5) is 5.13 Å². The molecule has 4 aromatic rings. The number of nitrogens with zero attached hydrogens (tertiary/aromatic N) is 4. The molecule has 158 valence electrons. The summed E-state index contributed by atoms with van der Waals surface area (Å²) >= 11 is 2.93. The highest BCUT2D eigenvalue weighted by Gasteiger charge is 2.12. The number of rotatable bonds is 9. The van der Waals surface area contributed by atoms with Crippen LogP contribution in [0.1, 0.15) is 11.4 Å². The molecule has 1 amide bonds. The third kappa shape index (κ3) is 5.71. The fourth-order valence-electron chi connectivity index (χ4n) is 2.85. The maximum atomic E-state index is 12.1. The van der Waals surface area contributed by atoms with Gasteiger partial charge in [-0.05, 0) is 5.56 Å². The summed E-state index contributed by atoms with van der Waals surface area (Å²) in [6, 6.07) is 19.9. The minimum absolute atomic E-state index is 0.0345.